The van der Waals surface area contributed by atoms with Crippen LogP contribution in [0.2, 0.25) is 0 Å². The van der Waals surface area contributed by atoms with Crippen molar-refractivity contribution in [1.82, 2.24) is 4.37 Å². The highest BCUT2D eigenvalue weighted by molar-refractivity contribution is 8.02. The van der Waals surface area contributed by atoms with Crippen molar-refractivity contribution in [2.75, 3.05) is 22.1 Å². The summed E-state index contributed by atoms with van der Waals surface area (Å²) < 4.78 is 4.67. The number of benzene rings is 2. The van der Waals surface area contributed by atoms with Gasteiger partial charge in [-0.3, -0.25) is 29.8 Å². The van der Waals surface area contributed by atoms with Crippen molar-refractivity contribution in [3.63, 3.8) is 0 Å². The number of hydrogen-bond donors (Lipinski definition) is 2. The van der Waals surface area contributed by atoms with Crippen LogP contribution < -0.4 is 10.6 Å². The number of carbonyl (C=O) groups excluding carboxylic acids is 2. The molecule has 2 amide bonds. The molecule has 0 saturated heterocycles. The number of nitro groups is 2. The first-order chi connectivity index (χ1) is 16.8. The summed E-state index contributed by atoms with van der Waals surface area (Å²) in [5.41, 5.74) is 0.477. The number of aromatic nitrogens is 1. The van der Waals surface area contributed by atoms with Gasteiger partial charge in [-0.2, -0.15) is 9.64 Å². The molecule has 0 saturated carbocycles. The summed E-state index contributed by atoms with van der Waals surface area (Å²) in [5, 5.41) is 36.7. The maximum absolute atomic E-state index is 12.2. The first kappa shape index (κ1) is 25.6. The summed E-state index contributed by atoms with van der Waals surface area (Å²) in [5.74, 6) is -0.994. The summed E-state index contributed by atoms with van der Waals surface area (Å²) in [6, 6.07) is 13.1. The Labute approximate surface area is 210 Å². The second-order valence-corrected chi connectivity index (χ2v) is 9.53. The average Bonchev–Trinajstić information content (AvgIpc) is 3.23. The smallest absolute Gasteiger partial charge is 0.271 e. The standard InChI is InChI=1S/C20H14N6O6S3/c21-9-16-19(33-10-17(27)22-12-3-1-5-14(7-12)25(29)30)24-35-20(16)34-11-18(28)23-13-4-2-6-15(8-13)26(31)32/h1-8H,10-11H2,(H,22,27)(H,23,28). The molecule has 1 heterocycles. The van der Waals surface area contributed by atoms with E-state index in [-0.39, 0.29) is 39.8 Å². The van der Waals surface area contributed by atoms with Gasteiger partial charge in [0.25, 0.3) is 11.4 Å². The summed E-state index contributed by atoms with van der Waals surface area (Å²) in [6.07, 6.45) is 0. The Morgan fingerprint density at radius 2 is 1.46 bits per heavy atom. The lowest BCUT2D eigenvalue weighted by atomic mass is 10.3. The minimum absolute atomic E-state index is 0.0586. The van der Waals surface area contributed by atoms with Crippen LogP contribution in [0.15, 0.2) is 57.8 Å². The maximum atomic E-state index is 12.2. The number of nitro benzene ring substituents is 2. The Balaban J connectivity index is 1.54. The second kappa shape index (κ2) is 11.9. The van der Waals surface area contributed by atoms with Crippen molar-refractivity contribution < 1.29 is 19.4 Å². The van der Waals surface area contributed by atoms with Crippen molar-refractivity contribution >= 4 is 69.6 Å². The van der Waals surface area contributed by atoms with Gasteiger partial charge in [-0.25, -0.2) is 0 Å². The molecule has 0 aliphatic heterocycles. The van der Waals surface area contributed by atoms with Gasteiger partial charge in [-0.15, -0.1) is 11.8 Å². The lowest BCUT2D eigenvalue weighted by molar-refractivity contribution is -0.385. The van der Waals surface area contributed by atoms with Crippen molar-refractivity contribution in [3.05, 3.63) is 74.3 Å². The van der Waals surface area contributed by atoms with Gasteiger partial charge < -0.3 is 10.6 Å². The number of hydrogen-bond acceptors (Lipinski definition) is 11. The molecule has 0 aliphatic carbocycles. The third-order valence-electron chi connectivity index (χ3n) is 4.10. The van der Waals surface area contributed by atoms with Crippen LogP contribution >= 0.6 is 35.1 Å². The maximum Gasteiger partial charge on any atom is 0.271 e. The van der Waals surface area contributed by atoms with Gasteiger partial charge in [0.2, 0.25) is 11.8 Å². The molecule has 2 N–H and O–H groups in total. The largest absolute Gasteiger partial charge is 0.325 e. The zero-order valence-electron chi connectivity index (χ0n) is 17.5. The van der Waals surface area contributed by atoms with Crippen LogP contribution in [0.4, 0.5) is 22.7 Å². The molecule has 0 atom stereocenters. The number of nitriles is 1. The van der Waals surface area contributed by atoms with Gasteiger partial charge in [-0.1, -0.05) is 23.9 Å². The highest BCUT2D eigenvalue weighted by Crippen LogP contribution is 2.34. The van der Waals surface area contributed by atoms with Crippen molar-refractivity contribution in [2.24, 2.45) is 0 Å². The quantitative estimate of drug-likeness (QED) is 0.218. The Kier molecular flexibility index (Phi) is 8.73. The fourth-order valence-electron chi connectivity index (χ4n) is 2.61. The molecule has 1 aromatic heterocycles. The molecule has 15 heteroatoms. The van der Waals surface area contributed by atoms with Gasteiger partial charge in [0.15, 0.2) is 0 Å². The van der Waals surface area contributed by atoms with Gasteiger partial charge in [0.1, 0.15) is 20.9 Å². The number of nitrogens with one attached hydrogen (secondary N) is 2. The van der Waals surface area contributed by atoms with Crippen LogP contribution in [0, 0.1) is 31.6 Å². The van der Waals surface area contributed by atoms with Crippen LogP contribution in [-0.2, 0) is 9.59 Å². The Bertz CT molecular complexity index is 1250. The zero-order chi connectivity index (χ0) is 25.4. The average molecular weight is 531 g/mol. The summed E-state index contributed by atoms with van der Waals surface area (Å²) in [6.45, 7) is 0. The summed E-state index contributed by atoms with van der Waals surface area (Å²) in [4.78, 5) is 45.0. The third-order valence-corrected chi connectivity index (χ3v) is 7.28. The molecular weight excluding hydrogens is 516 g/mol. The van der Waals surface area contributed by atoms with Gasteiger partial charge >= 0.3 is 0 Å². The van der Waals surface area contributed by atoms with E-state index in [4.69, 9.17) is 0 Å². The van der Waals surface area contributed by atoms with E-state index in [2.05, 4.69) is 15.0 Å². The molecule has 12 nitrogen and oxygen atoms in total. The SMILES string of the molecule is N#Cc1c(SCC(=O)Nc2cccc([N+](=O)[O-])c2)nsc1SCC(=O)Nc1cccc([N+](=O)[O-])c1. The lowest BCUT2D eigenvalue weighted by Crippen LogP contribution is -2.14. The van der Waals surface area contributed by atoms with E-state index >= 15 is 0 Å². The molecule has 35 heavy (non-hydrogen) atoms. The van der Waals surface area contributed by atoms with E-state index in [1.54, 1.807) is 0 Å². The lowest BCUT2D eigenvalue weighted by Gasteiger charge is -2.05. The molecule has 178 valence electrons. The topological polar surface area (TPSA) is 181 Å². The predicted octanol–water partition coefficient (Wildman–Crippen LogP) is 4.29. The first-order valence-corrected chi connectivity index (χ1v) is 12.2. The minimum Gasteiger partial charge on any atom is -0.325 e. The number of non-ortho nitro benzene ring substituents is 2. The Hall–Kier alpha value is -4.00. The van der Waals surface area contributed by atoms with E-state index in [0.29, 0.717) is 9.24 Å². The first-order valence-electron chi connectivity index (χ1n) is 9.51. The minimum atomic E-state index is -0.567. The number of anilines is 2. The van der Waals surface area contributed by atoms with Crippen LogP contribution in [0.1, 0.15) is 5.56 Å². The molecule has 0 aliphatic rings. The van der Waals surface area contributed by atoms with Crippen LogP contribution in [-0.4, -0.2) is 37.5 Å². The molecule has 0 spiro atoms. The van der Waals surface area contributed by atoms with Crippen LogP contribution in [0.5, 0.6) is 0 Å². The van der Waals surface area contributed by atoms with Crippen molar-refractivity contribution in [3.8, 4) is 6.07 Å². The Morgan fingerprint density at radius 1 is 0.943 bits per heavy atom. The highest BCUT2D eigenvalue weighted by atomic mass is 32.2. The van der Waals surface area contributed by atoms with Crippen LogP contribution in [0.3, 0.4) is 0 Å². The van der Waals surface area contributed by atoms with Gasteiger partial charge in [0.05, 0.1) is 21.4 Å². The van der Waals surface area contributed by atoms with E-state index in [0.717, 1.165) is 35.1 Å². The van der Waals surface area contributed by atoms with E-state index < -0.39 is 21.7 Å². The zero-order valence-corrected chi connectivity index (χ0v) is 19.9. The Morgan fingerprint density at radius 3 is 1.94 bits per heavy atom. The fraction of sp³-hybridized carbons (Fsp3) is 0.100. The normalized spacial score (nSPS) is 10.3. The van der Waals surface area contributed by atoms with Crippen molar-refractivity contribution in [1.29, 1.82) is 5.26 Å². The number of carbonyl (C=O) groups is 2. The third kappa shape index (κ3) is 7.24. The van der Waals surface area contributed by atoms with E-state index in [9.17, 15) is 35.1 Å². The molecule has 3 aromatic rings. The number of amides is 2. The van der Waals surface area contributed by atoms with Crippen LogP contribution in [0.25, 0.3) is 0 Å². The highest BCUT2D eigenvalue weighted by Gasteiger charge is 2.18. The molecule has 3 rings (SSSR count). The second-order valence-electron chi connectivity index (χ2n) is 6.55. The number of thioether (sulfide) groups is 2. The van der Waals surface area contributed by atoms with Gasteiger partial charge in [0, 0.05) is 35.6 Å². The fourth-order valence-corrected chi connectivity index (χ4v) is 5.30. The summed E-state index contributed by atoms with van der Waals surface area (Å²) in [7, 11) is 0. The molecule has 2 aromatic carbocycles. The predicted molar refractivity (Wildman–Crippen MR) is 132 cm³/mol. The number of rotatable bonds is 10. The summed E-state index contributed by atoms with van der Waals surface area (Å²) >= 11 is 3.12. The van der Waals surface area contributed by atoms with E-state index in [1.807, 2.05) is 6.07 Å². The monoisotopic (exact) mass is 530 g/mol. The molecular formula is C20H14N6O6S3. The molecule has 0 unspecified atom stereocenters. The van der Waals surface area contributed by atoms with Gasteiger partial charge in [-0.05, 0) is 23.7 Å². The van der Waals surface area contributed by atoms with Crippen molar-refractivity contribution in [2.45, 2.75) is 9.24 Å². The van der Waals surface area contributed by atoms with E-state index in [1.165, 1.54) is 48.5 Å². The molecule has 0 radical (unpaired) electrons. The molecule has 0 bridgehead atoms. The number of nitrogens with zero attached hydrogens (tertiary/aromatic N) is 4. The molecule has 0 fully saturated rings.